The first-order valence-electron chi connectivity index (χ1n) is 4.99. The Bertz CT molecular complexity index is 579. The predicted molar refractivity (Wildman–Crippen MR) is 62.4 cm³/mol. The van der Waals surface area contributed by atoms with Gasteiger partial charge in [-0.15, -0.1) is 0 Å². The predicted octanol–water partition coefficient (Wildman–Crippen LogP) is 3.07. The smallest absolute Gasteiger partial charge is 0.201 e. The monoisotopic (exact) mass is 233 g/mol. The van der Waals surface area contributed by atoms with Crippen LogP contribution in [0.15, 0.2) is 53.3 Å². The molecule has 0 atom stereocenters. The molecular formula is C13H9F2NO. The number of hydrogen-bond donors (Lipinski definition) is 1. The third-order valence-electron chi connectivity index (χ3n) is 2.22. The van der Waals surface area contributed by atoms with Gasteiger partial charge >= 0.3 is 0 Å². The Labute approximate surface area is 96.5 Å². The Morgan fingerprint density at radius 3 is 2.18 bits per heavy atom. The third kappa shape index (κ3) is 2.47. The van der Waals surface area contributed by atoms with Crippen molar-refractivity contribution in [3.05, 3.63) is 70.4 Å². The van der Waals surface area contributed by atoms with Crippen LogP contribution in [0.2, 0.25) is 0 Å². The van der Waals surface area contributed by atoms with E-state index in [2.05, 4.69) is 5.32 Å². The summed E-state index contributed by atoms with van der Waals surface area (Å²) in [5.41, 5.74) is -0.535. The van der Waals surface area contributed by atoms with Crippen molar-refractivity contribution in [1.29, 1.82) is 0 Å². The van der Waals surface area contributed by atoms with Crippen molar-refractivity contribution in [3.63, 3.8) is 0 Å². The van der Waals surface area contributed by atoms with E-state index in [-0.39, 0.29) is 16.8 Å². The molecule has 0 saturated carbocycles. The number of rotatable bonds is 2. The highest BCUT2D eigenvalue weighted by Gasteiger charge is 2.08. The molecule has 86 valence electrons. The number of hydrogen-bond acceptors (Lipinski definition) is 2. The van der Waals surface area contributed by atoms with Gasteiger partial charge in [0.25, 0.3) is 0 Å². The number of nitrogens with one attached hydrogen (secondary N) is 1. The summed E-state index contributed by atoms with van der Waals surface area (Å²) in [6.07, 6.45) is 0. The second-order valence-corrected chi connectivity index (χ2v) is 3.41. The third-order valence-corrected chi connectivity index (χ3v) is 2.22. The van der Waals surface area contributed by atoms with Crippen molar-refractivity contribution < 1.29 is 8.78 Å². The van der Waals surface area contributed by atoms with Gasteiger partial charge in [-0.25, -0.2) is 8.78 Å². The zero-order chi connectivity index (χ0) is 12.3. The topological polar surface area (TPSA) is 29.1 Å². The Morgan fingerprint density at radius 2 is 1.47 bits per heavy atom. The van der Waals surface area contributed by atoms with E-state index in [0.29, 0.717) is 0 Å². The number of benzene rings is 1. The zero-order valence-corrected chi connectivity index (χ0v) is 8.78. The van der Waals surface area contributed by atoms with Crippen molar-refractivity contribution in [3.8, 4) is 0 Å². The van der Waals surface area contributed by atoms with Crippen LogP contribution in [0.4, 0.5) is 20.2 Å². The fourth-order valence-corrected chi connectivity index (χ4v) is 1.39. The molecule has 0 aliphatic heterocycles. The summed E-state index contributed by atoms with van der Waals surface area (Å²) in [6.45, 7) is 0. The molecule has 0 fully saturated rings. The van der Waals surface area contributed by atoms with Crippen LogP contribution in [0.1, 0.15) is 0 Å². The summed E-state index contributed by atoms with van der Waals surface area (Å²) in [7, 11) is 0. The molecule has 0 saturated heterocycles. The first kappa shape index (κ1) is 11.3. The summed E-state index contributed by atoms with van der Waals surface area (Å²) < 4.78 is 26.7. The van der Waals surface area contributed by atoms with Crippen molar-refractivity contribution in [1.82, 2.24) is 0 Å². The molecule has 0 aliphatic rings. The van der Waals surface area contributed by atoms with Crippen molar-refractivity contribution >= 4 is 11.4 Å². The van der Waals surface area contributed by atoms with Crippen LogP contribution in [0.25, 0.3) is 0 Å². The van der Waals surface area contributed by atoms with E-state index in [1.54, 1.807) is 18.2 Å². The maximum Gasteiger partial charge on any atom is 0.201 e. The SMILES string of the molecule is O=c1cccccc1Nc1c(F)cccc1F. The molecule has 0 bridgehead atoms. The van der Waals surface area contributed by atoms with E-state index < -0.39 is 11.6 Å². The van der Waals surface area contributed by atoms with Gasteiger partial charge < -0.3 is 5.32 Å². The quantitative estimate of drug-likeness (QED) is 0.863. The largest absolute Gasteiger partial charge is 0.348 e. The summed E-state index contributed by atoms with van der Waals surface area (Å²) >= 11 is 0. The number of anilines is 2. The average molecular weight is 233 g/mol. The minimum Gasteiger partial charge on any atom is -0.348 e. The molecule has 17 heavy (non-hydrogen) atoms. The van der Waals surface area contributed by atoms with Crippen LogP contribution in [0.5, 0.6) is 0 Å². The molecule has 0 unspecified atom stereocenters. The van der Waals surface area contributed by atoms with Gasteiger partial charge in [-0.05, 0) is 24.3 Å². The Kier molecular flexibility index (Phi) is 3.14. The fraction of sp³-hybridized carbons (Fsp3) is 0. The van der Waals surface area contributed by atoms with Crippen LogP contribution >= 0.6 is 0 Å². The highest BCUT2D eigenvalue weighted by Crippen LogP contribution is 2.20. The van der Waals surface area contributed by atoms with Crippen LogP contribution in [-0.4, -0.2) is 0 Å². The van der Waals surface area contributed by atoms with E-state index in [1.165, 1.54) is 18.2 Å². The zero-order valence-electron chi connectivity index (χ0n) is 8.78. The first-order chi connectivity index (χ1) is 8.18. The summed E-state index contributed by atoms with van der Waals surface area (Å²) in [5, 5.41) is 2.47. The lowest BCUT2D eigenvalue weighted by Crippen LogP contribution is -2.06. The van der Waals surface area contributed by atoms with Crippen LogP contribution in [0.3, 0.4) is 0 Å². The molecule has 0 aliphatic carbocycles. The van der Waals surface area contributed by atoms with Gasteiger partial charge in [0.15, 0.2) is 0 Å². The van der Waals surface area contributed by atoms with Crippen molar-refractivity contribution in [2.45, 2.75) is 0 Å². The van der Waals surface area contributed by atoms with Gasteiger partial charge in [-0.3, -0.25) is 4.79 Å². The standard InChI is InChI=1S/C13H9F2NO/c14-9-5-4-6-10(15)13(9)16-11-7-2-1-3-8-12(11)17/h1-8H,(H,16,17). The Morgan fingerprint density at radius 1 is 0.824 bits per heavy atom. The highest BCUT2D eigenvalue weighted by atomic mass is 19.1. The molecule has 2 rings (SSSR count). The average Bonchev–Trinajstić information content (AvgIpc) is 2.49. The van der Waals surface area contributed by atoms with E-state index >= 15 is 0 Å². The van der Waals surface area contributed by atoms with Crippen molar-refractivity contribution in [2.24, 2.45) is 0 Å². The molecule has 0 radical (unpaired) electrons. The lowest BCUT2D eigenvalue weighted by atomic mass is 10.2. The molecule has 4 heteroatoms. The number of halogens is 2. The maximum absolute atomic E-state index is 13.4. The minimum absolute atomic E-state index is 0.124. The van der Waals surface area contributed by atoms with E-state index in [0.717, 1.165) is 12.1 Å². The lowest BCUT2D eigenvalue weighted by Gasteiger charge is -2.06. The van der Waals surface area contributed by atoms with Crippen LogP contribution in [0, 0.1) is 11.6 Å². The fourth-order valence-electron chi connectivity index (χ4n) is 1.39. The molecule has 2 nitrogen and oxygen atoms in total. The summed E-state index contributed by atoms with van der Waals surface area (Å²) in [6, 6.07) is 11.1. The molecule has 2 aromatic rings. The van der Waals surface area contributed by atoms with Crippen molar-refractivity contribution in [2.75, 3.05) is 5.32 Å². The van der Waals surface area contributed by atoms with Gasteiger partial charge in [0.1, 0.15) is 17.3 Å². The highest BCUT2D eigenvalue weighted by molar-refractivity contribution is 5.60. The first-order valence-corrected chi connectivity index (χ1v) is 4.99. The Hall–Kier alpha value is -2.23. The molecule has 0 spiro atoms. The number of para-hydroxylation sites is 1. The molecule has 0 amide bonds. The van der Waals surface area contributed by atoms with E-state index in [4.69, 9.17) is 0 Å². The molecule has 0 heterocycles. The maximum atomic E-state index is 13.4. The second kappa shape index (κ2) is 4.74. The van der Waals surface area contributed by atoms with Gasteiger partial charge in [0.2, 0.25) is 5.43 Å². The molecular weight excluding hydrogens is 224 g/mol. The summed E-state index contributed by atoms with van der Waals surface area (Å²) in [5.74, 6) is -1.48. The van der Waals surface area contributed by atoms with Gasteiger partial charge in [0.05, 0.1) is 5.69 Å². The van der Waals surface area contributed by atoms with Gasteiger partial charge in [-0.2, -0.15) is 0 Å². The van der Waals surface area contributed by atoms with Crippen LogP contribution < -0.4 is 10.7 Å². The van der Waals surface area contributed by atoms with E-state index in [9.17, 15) is 13.6 Å². The lowest BCUT2D eigenvalue weighted by molar-refractivity contribution is 0.591. The Balaban J connectivity index is 2.46. The molecule has 2 aromatic carbocycles. The molecule has 1 N–H and O–H groups in total. The van der Waals surface area contributed by atoms with Gasteiger partial charge in [0, 0.05) is 0 Å². The summed E-state index contributed by atoms with van der Waals surface area (Å²) in [4.78, 5) is 11.5. The second-order valence-electron chi connectivity index (χ2n) is 3.41. The van der Waals surface area contributed by atoms with Crippen LogP contribution in [-0.2, 0) is 0 Å². The van der Waals surface area contributed by atoms with E-state index in [1.807, 2.05) is 0 Å². The normalized spacial score (nSPS) is 10.0. The molecule has 0 aromatic heterocycles. The minimum atomic E-state index is -0.740. The van der Waals surface area contributed by atoms with Gasteiger partial charge in [-0.1, -0.05) is 24.3 Å².